The van der Waals surface area contributed by atoms with Crippen LogP contribution in [0, 0.1) is 19.8 Å². The Bertz CT molecular complexity index is 989. The van der Waals surface area contributed by atoms with Gasteiger partial charge in [0.2, 0.25) is 0 Å². The number of pyridine rings is 1. The average molecular weight is 427 g/mol. The molecule has 0 atom stereocenters. The summed E-state index contributed by atoms with van der Waals surface area (Å²) in [4.78, 5) is 22.0. The van der Waals surface area contributed by atoms with Gasteiger partial charge in [0.15, 0.2) is 0 Å². The number of carbonyl (C=O) groups is 1. The second-order valence-corrected chi connectivity index (χ2v) is 8.71. The van der Waals surface area contributed by atoms with Gasteiger partial charge in [-0.2, -0.15) is 0 Å². The van der Waals surface area contributed by atoms with Crippen molar-refractivity contribution in [1.29, 1.82) is 0 Å². The van der Waals surface area contributed by atoms with E-state index < -0.39 is 0 Å². The zero-order chi connectivity index (χ0) is 21.7. The normalized spacial score (nSPS) is 11.3. The van der Waals surface area contributed by atoms with Crippen LogP contribution in [0.15, 0.2) is 29.8 Å². The van der Waals surface area contributed by atoms with E-state index in [1.165, 1.54) is 0 Å². The molecule has 0 fully saturated rings. The van der Waals surface area contributed by atoms with Crippen LogP contribution in [-0.4, -0.2) is 40.7 Å². The van der Waals surface area contributed by atoms with E-state index in [0.29, 0.717) is 24.6 Å². The number of aryl methyl sites for hydroxylation is 1. The fourth-order valence-electron chi connectivity index (χ4n) is 3.25. The van der Waals surface area contributed by atoms with Crippen LogP contribution in [0.5, 0.6) is 0 Å². The highest BCUT2D eigenvalue weighted by atomic mass is 32.1. The molecule has 3 aromatic rings. The molecular weight excluding hydrogens is 396 g/mol. The molecule has 0 aromatic carbocycles. The first-order valence-electron chi connectivity index (χ1n) is 10.3. The van der Waals surface area contributed by atoms with E-state index in [-0.39, 0.29) is 5.91 Å². The molecule has 3 aromatic heterocycles. The van der Waals surface area contributed by atoms with E-state index in [1.54, 1.807) is 18.4 Å². The second kappa shape index (κ2) is 10.00. The predicted octanol–water partition coefficient (Wildman–Crippen LogP) is 4.71. The molecule has 0 saturated heterocycles. The molecule has 30 heavy (non-hydrogen) atoms. The van der Waals surface area contributed by atoms with Gasteiger partial charge in [-0.1, -0.05) is 13.8 Å². The Kier molecular flexibility index (Phi) is 7.39. The summed E-state index contributed by atoms with van der Waals surface area (Å²) in [5.74, 6) is 0.368. The van der Waals surface area contributed by atoms with Crippen molar-refractivity contribution in [2.45, 2.75) is 40.7 Å². The lowest BCUT2D eigenvalue weighted by molar-refractivity contribution is 0.0948. The lowest BCUT2D eigenvalue weighted by Gasteiger charge is -2.11. The third-order valence-corrected chi connectivity index (χ3v) is 5.83. The van der Waals surface area contributed by atoms with Crippen LogP contribution in [0.3, 0.4) is 0 Å². The minimum absolute atomic E-state index is 0.0360. The van der Waals surface area contributed by atoms with Crippen molar-refractivity contribution < 1.29 is 9.53 Å². The fraction of sp³-hybridized carbons (Fsp3) is 0.435. The molecule has 0 aliphatic heterocycles. The standard InChI is InChI=1S/C23H30N4O2S/c1-15(2)12-25-22(28)19-11-21(27(17(19)4)9-6-10-29-5)20-14-30-23(26-20)18-8-7-16(3)24-13-18/h7-8,11,13-15H,6,9-10,12H2,1-5H3,(H,25,28). The van der Waals surface area contributed by atoms with Gasteiger partial charge in [0.1, 0.15) is 5.01 Å². The summed E-state index contributed by atoms with van der Waals surface area (Å²) in [7, 11) is 1.70. The summed E-state index contributed by atoms with van der Waals surface area (Å²) < 4.78 is 7.40. The number of ether oxygens (including phenoxy) is 1. The van der Waals surface area contributed by atoms with Crippen molar-refractivity contribution in [2.24, 2.45) is 5.92 Å². The summed E-state index contributed by atoms with van der Waals surface area (Å²) in [5.41, 5.74) is 5.47. The molecule has 0 radical (unpaired) electrons. The first kappa shape index (κ1) is 22.2. The van der Waals surface area contributed by atoms with Crippen molar-refractivity contribution in [3.63, 3.8) is 0 Å². The topological polar surface area (TPSA) is 69.0 Å². The molecule has 0 aliphatic carbocycles. The summed E-state index contributed by atoms with van der Waals surface area (Å²) in [6.07, 6.45) is 2.72. The van der Waals surface area contributed by atoms with E-state index in [1.807, 2.05) is 43.6 Å². The first-order valence-corrected chi connectivity index (χ1v) is 11.1. The molecule has 1 N–H and O–H groups in total. The van der Waals surface area contributed by atoms with Gasteiger partial charge in [0.25, 0.3) is 5.91 Å². The van der Waals surface area contributed by atoms with Crippen LogP contribution in [0.4, 0.5) is 0 Å². The van der Waals surface area contributed by atoms with Gasteiger partial charge >= 0.3 is 0 Å². The van der Waals surface area contributed by atoms with Gasteiger partial charge in [0.05, 0.1) is 17.0 Å². The van der Waals surface area contributed by atoms with Crippen LogP contribution in [0.2, 0.25) is 0 Å². The number of aromatic nitrogens is 3. The average Bonchev–Trinajstić information content (AvgIpc) is 3.32. The number of rotatable bonds is 9. The van der Waals surface area contributed by atoms with Crippen molar-refractivity contribution in [3.05, 3.63) is 46.7 Å². The summed E-state index contributed by atoms with van der Waals surface area (Å²) in [5, 5.41) is 6.00. The van der Waals surface area contributed by atoms with E-state index in [4.69, 9.17) is 9.72 Å². The molecule has 3 heterocycles. The van der Waals surface area contributed by atoms with Gasteiger partial charge in [-0.25, -0.2) is 4.98 Å². The Morgan fingerprint density at radius 1 is 1.30 bits per heavy atom. The van der Waals surface area contributed by atoms with Crippen molar-refractivity contribution in [1.82, 2.24) is 19.9 Å². The SMILES string of the molecule is COCCCn1c(-c2csc(-c3ccc(C)nc3)n2)cc(C(=O)NCC(C)C)c1C. The summed E-state index contributed by atoms with van der Waals surface area (Å²) >= 11 is 1.59. The van der Waals surface area contributed by atoms with Crippen LogP contribution in [-0.2, 0) is 11.3 Å². The molecule has 7 heteroatoms. The maximum atomic E-state index is 12.8. The highest BCUT2D eigenvalue weighted by Crippen LogP contribution is 2.31. The lowest BCUT2D eigenvalue weighted by atomic mass is 10.2. The Labute approximate surface area is 182 Å². The van der Waals surface area contributed by atoms with Crippen LogP contribution in [0.1, 0.15) is 42.0 Å². The van der Waals surface area contributed by atoms with Gasteiger partial charge in [0, 0.05) is 55.3 Å². The fourth-order valence-corrected chi connectivity index (χ4v) is 4.06. The Balaban J connectivity index is 1.95. The van der Waals surface area contributed by atoms with Crippen molar-refractivity contribution >= 4 is 17.2 Å². The highest BCUT2D eigenvalue weighted by Gasteiger charge is 2.20. The summed E-state index contributed by atoms with van der Waals surface area (Å²) in [6.45, 7) is 10.2. The number of hydrogen-bond donors (Lipinski definition) is 1. The number of hydrogen-bond acceptors (Lipinski definition) is 5. The van der Waals surface area contributed by atoms with E-state index >= 15 is 0 Å². The molecule has 3 rings (SSSR count). The first-order chi connectivity index (χ1) is 14.4. The Morgan fingerprint density at radius 2 is 2.10 bits per heavy atom. The second-order valence-electron chi connectivity index (χ2n) is 7.86. The van der Waals surface area contributed by atoms with Gasteiger partial charge in [-0.3, -0.25) is 9.78 Å². The van der Waals surface area contributed by atoms with Crippen molar-refractivity contribution in [3.8, 4) is 22.0 Å². The molecule has 6 nitrogen and oxygen atoms in total. The zero-order valence-corrected chi connectivity index (χ0v) is 19.2. The van der Waals surface area contributed by atoms with Crippen molar-refractivity contribution in [2.75, 3.05) is 20.3 Å². The van der Waals surface area contributed by atoms with E-state index in [9.17, 15) is 4.79 Å². The summed E-state index contributed by atoms with van der Waals surface area (Å²) in [6, 6.07) is 5.99. The highest BCUT2D eigenvalue weighted by molar-refractivity contribution is 7.13. The molecule has 0 saturated carbocycles. The molecule has 0 spiro atoms. The Morgan fingerprint density at radius 3 is 2.77 bits per heavy atom. The quantitative estimate of drug-likeness (QED) is 0.503. The van der Waals surface area contributed by atoms with Gasteiger partial charge in [-0.15, -0.1) is 11.3 Å². The molecule has 0 unspecified atom stereocenters. The van der Waals surface area contributed by atoms with E-state index in [2.05, 4.69) is 28.7 Å². The maximum absolute atomic E-state index is 12.8. The Hall–Kier alpha value is -2.51. The molecule has 0 bridgehead atoms. The van der Waals surface area contributed by atoms with Gasteiger partial charge < -0.3 is 14.6 Å². The molecule has 1 amide bonds. The smallest absolute Gasteiger partial charge is 0.253 e. The maximum Gasteiger partial charge on any atom is 0.253 e. The number of amides is 1. The van der Waals surface area contributed by atoms with Crippen LogP contribution >= 0.6 is 11.3 Å². The zero-order valence-electron chi connectivity index (χ0n) is 18.4. The van der Waals surface area contributed by atoms with Crippen LogP contribution < -0.4 is 5.32 Å². The number of thiazole rings is 1. The predicted molar refractivity (Wildman–Crippen MR) is 122 cm³/mol. The number of methoxy groups -OCH3 is 1. The third kappa shape index (κ3) is 5.15. The van der Waals surface area contributed by atoms with Crippen LogP contribution in [0.25, 0.3) is 22.0 Å². The third-order valence-electron chi connectivity index (χ3n) is 4.94. The minimum atomic E-state index is -0.0360. The van der Waals surface area contributed by atoms with E-state index in [0.717, 1.165) is 46.3 Å². The minimum Gasteiger partial charge on any atom is -0.385 e. The molecule has 160 valence electrons. The molecule has 0 aliphatic rings. The lowest BCUT2D eigenvalue weighted by Crippen LogP contribution is -2.27. The number of carbonyl (C=O) groups excluding carboxylic acids is 1. The monoisotopic (exact) mass is 426 g/mol. The molecular formula is C23H30N4O2S. The number of nitrogens with zero attached hydrogens (tertiary/aromatic N) is 3. The number of nitrogens with one attached hydrogen (secondary N) is 1. The largest absolute Gasteiger partial charge is 0.385 e. The van der Waals surface area contributed by atoms with Gasteiger partial charge in [-0.05, 0) is 44.4 Å².